The molecule has 0 atom stereocenters. The van der Waals surface area contributed by atoms with E-state index in [1.807, 2.05) is 35.4 Å². The highest BCUT2D eigenvalue weighted by molar-refractivity contribution is 5.93. The number of allylic oxidation sites excluding steroid dienone is 1. The average Bonchev–Trinajstić information content (AvgIpc) is 3.22. The quantitative estimate of drug-likeness (QED) is 0.639. The van der Waals surface area contributed by atoms with E-state index in [-0.39, 0.29) is 6.03 Å². The van der Waals surface area contributed by atoms with Gasteiger partial charge in [-0.15, -0.1) is 6.58 Å². The van der Waals surface area contributed by atoms with Crippen LogP contribution in [0.25, 0.3) is 10.9 Å². The number of hydrogen-bond donors (Lipinski definition) is 2. The number of anilines is 2. The van der Waals surface area contributed by atoms with E-state index >= 15 is 0 Å². The number of aryl methyl sites for hydroxylation is 1. The van der Waals surface area contributed by atoms with Gasteiger partial charge in [0, 0.05) is 54.7 Å². The van der Waals surface area contributed by atoms with Crippen LogP contribution in [0.2, 0.25) is 0 Å². The average molecular weight is 374 g/mol. The summed E-state index contributed by atoms with van der Waals surface area (Å²) in [5, 5.41) is 4.33. The van der Waals surface area contributed by atoms with Crippen molar-refractivity contribution in [1.82, 2.24) is 9.88 Å². The summed E-state index contributed by atoms with van der Waals surface area (Å²) in [5.74, 6) is 0. The summed E-state index contributed by atoms with van der Waals surface area (Å²) in [6.45, 7) is 6.86. The first-order chi connectivity index (χ1) is 13.8. The van der Waals surface area contributed by atoms with Gasteiger partial charge in [0.1, 0.15) is 0 Å². The summed E-state index contributed by atoms with van der Waals surface area (Å²) in [6.07, 6.45) is 5.66. The highest BCUT2D eigenvalue weighted by Gasteiger charge is 2.22. The van der Waals surface area contributed by atoms with Gasteiger partial charge in [-0.2, -0.15) is 0 Å². The van der Waals surface area contributed by atoms with Crippen molar-refractivity contribution in [2.75, 3.05) is 36.4 Å². The van der Waals surface area contributed by atoms with Gasteiger partial charge in [0.2, 0.25) is 0 Å². The fraction of sp³-hybridized carbons (Fsp3) is 0.261. The molecule has 0 unspecified atom stereocenters. The van der Waals surface area contributed by atoms with Gasteiger partial charge in [-0.1, -0.05) is 30.3 Å². The number of H-pyrrole nitrogens is 1. The van der Waals surface area contributed by atoms with Crippen LogP contribution < -0.4 is 10.2 Å². The van der Waals surface area contributed by atoms with E-state index in [0.29, 0.717) is 13.1 Å². The minimum atomic E-state index is -0.0226. The SMILES string of the molecule is C=CCCc1ccccc1NC(=O)N1CCN(c2cccc3[nH]ccc23)CC1. The molecule has 2 amide bonds. The van der Waals surface area contributed by atoms with Crippen LogP contribution in [0.3, 0.4) is 0 Å². The van der Waals surface area contributed by atoms with Gasteiger partial charge in [0.15, 0.2) is 0 Å². The van der Waals surface area contributed by atoms with Gasteiger partial charge in [-0.05, 0) is 42.7 Å². The minimum absolute atomic E-state index is 0.0226. The maximum absolute atomic E-state index is 12.8. The summed E-state index contributed by atoms with van der Waals surface area (Å²) >= 11 is 0. The number of benzene rings is 2. The van der Waals surface area contributed by atoms with Gasteiger partial charge in [0.25, 0.3) is 0 Å². The number of rotatable bonds is 5. The summed E-state index contributed by atoms with van der Waals surface area (Å²) in [7, 11) is 0. The van der Waals surface area contributed by atoms with Crippen molar-refractivity contribution < 1.29 is 4.79 Å². The Labute approximate surface area is 165 Å². The molecule has 0 saturated carbocycles. The van der Waals surface area contributed by atoms with Crippen molar-refractivity contribution in [1.29, 1.82) is 0 Å². The third-order valence-electron chi connectivity index (χ3n) is 5.36. The number of nitrogens with zero attached hydrogens (tertiary/aromatic N) is 2. The van der Waals surface area contributed by atoms with E-state index < -0.39 is 0 Å². The summed E-state index contributed by atoms with van der Waals surface area (Å²) in [6, 6.07) is 16.4. The largest absolute Gasteiger partial charge is 0.367 e. The van der Waals surface area contributed by atoms with Crippen LogP contribution in [0, 0.1) is 0 Å². The molecule has 3 aromatic rings. The van der Waals surface area contributed by atoms with Crippen LogP contribution in [-0.4, -0.2) is 42.1 Å². The third kappa shape index (κ3) is 3.74. The van der Waals surface area contributed by atoms with Crippen molar-refractivity contribution in [2.45, 2.75) is 12.8 Å². The lowest BCUT2D eigenvalue weighted by Crippen LogP contribution is -2.50. The van der Waals surface area contributed by atoms with Crippen molar-refractivity contribution in [3.05, 3.63) is 72.9 Å². The molecular weight excluding hydrogens is 348 g/mol. The van der Waals surface area contributed by atoms with Gasteiger partial charge in [-0.3, -0.25) is 0 Å². The van der Waals surface area contributed by atoms with Crippen LogP contribution in [0.1, 0.15) is 12.0 Å². The number of fused-ring (bicyclic) bond motifs is 1. The minimum Gasteiger partial charge on any atom is -0.367 e. The molecule has 1 aliphatic heterocycles. The molecule has 1 saturated heterocycles. The second-order valence-corrected chi connectivity index (χ2v) is 7.10. The molecule has 4 rings (SSSR count). The van der Waals surface area contributed by atoms with Crippen LogP contribution in [0.5, 0.6) is 0 Å². The van der Waals surface area contributed by atoms with Gasteiger partial charge >= 0.3 is 6.03 Å². The molecule has 1 aliphatic rings. The van der Waals surface area contributed by atoms with Gasteiger partial charge < -0.3 is 20.1 Å². The van der Waals surface area contributed by atoms with Gasteiger partial charge in [0.05, 0.1) is 0 Å². The Morgan fingerprint density at radius 1 is 1.07 bits per heavy atom. The Morgan fingerprint density at radius 2 is 1.89 bits per heavy atom. The first-order valence-corrected chi connectivity index (χ1v) is 9.82. The summed E-state index contributed by atoms with van der Waals surface area (Å²) in [4.78, 5) is 20.3. The molecule has 0 bridgehead atoms. The predicted molar refractivity (Wildman–Crippen MR) is 116 cm³/mol. The standard InChI is InChI=1S/C23H26N4O/c1-2-3-7-18-8-4-5-9-20(18)25-23(28)27-16-14-26(15-17-27)22-11-6-10-21-19(22)12-13-24-21/h2,4-6,8-13,24H,1,3,7,14-17H2,(H,25,28). The topological polar surface area (TPSA) is 51.4 Å². The van der Waals surface area contributed by atoms with E-state index in [2.05, 4.69) is 52.1 Å². The number of urea groups is 1. The van der Waals surface area contributed by atoms with Crippen molar-refractivity contribution >= 4 is 28.3 Å². The van der Waals surface area contributed by atoms with Crippen molar-refractivity contribution in [3.63, 3.8) is 0 Å². The Bertz CT molecular complexity index is 969. The molecule has 0 spiro atoms. The zero-order valence-corrected chi connectivity index (χ0v) is 16.0. The van der Waals surface area contributed by atoms with E-state index in [1.54, 1.807) is 0 Å². The van der Waals surface area contributed by atoms with Crippen LogP contribution >= 0.6 is 0 Å². The van der Waals surface area contributed by atoms with E-state index in [9.17, 15) is 4.79 Å². The van der Waals surface area contributed by atoms with Crippen molar-refractivity contribution in [2.24, 2.45) is 0 Å². The Morgan fingerprint density at radius 3 is 2.71 bits per heavy atom. The number of para-hydroxylation sites is 1. The molecule has 28 heavy (non-hydrogen) atoms. The monoisotopic (exact) mass is 374 g/mol. The number of amides is 2. The van der Waals surface area contributed by atoms with Crippen molar-refractivity contribution in [3.8, 4) is 0 Å². The molecule has 0 radical (unpaired) electrons. The molecule has 1 fully saturated rings. The lowest BCUT2D eigenvalue weighted by molar-refractivity contribution is 0.208. The number of nitrogens with one attached hydrogen (secondary N) is 2. The number of carbonyl (C=O) groups excluding carboxylic acids is 1. The smallest absolute Gasteiger partial charge is 0.321 e. The molecule has 0 aliphatic carbocycles. The number of aromatic amines is 1. The number of aromatic nitrogens is 1. The molecule has 144 valence electrons. The highest BCUT2D eigenvalue weighted by atomic mass is 16.2. The Hall–Kier alpha value is -3.21. The zero-order chi connectivity index (χ0) is 19.3. The fourth-order valence-corrected chi connectivity index (χ4v) is 3.81. The number of hydrogen-bond acceptors (Lipinski definition) is 2. The third-order valence-corrected chi connectivity index (χ3v) is 5.36. The van der Waals surface area contributed by atoms with Crippen LogP contribution in [0.15, 0.2) is 67.4 Å². The summed E-state index contributed by atoms with van der Waals surface area (Å²) < 4.78 is 0. The molecule has 5 heteroatoms. The van der Waals surface area contributed by atoms with E-state index in [1.165, 1.54) is 11.1 Å². The molecular formula is C23H26N4O. The van der Waals surface area contributed by atoms with E-state index in [0.717, 1.165) is 42.7 Å². The van der Waals surface area contributed by atoms with Crippen LogP contribution in [0.4, 0.5) is 16.2 Å². The number of piperazine rings is 1. The Balaban J connectivity index is 1.39. The molecule has 2 heterocycles. The molecule has 1 aromatic heterocycles. The molecule has 2 N–H and O–H groups in total. The highest BCUT2D eigenvalue weighted by Crippen LogP contribution is 2.27. The lowest BCUT2D eigenvalue weighted by atomic mass is 10.1. The predicted octanol–water partition coefficient (Wildman–Crippen LogP) is 4.64. The normalized spacial score (nSPS) is 14.3. The van der Waals surface area contributed by atoms with Gasteiger partial charge in [-0.25, -0.2) is 4.79 Å². The lowest BCUT2D eigenvalue weighted by Gasteiger charge is -2.36. The maximum Gasteiger partial charge on any atom is 0.321 e. The second kappa shape index (κ2) is 8.21. The molecule has 5 nitrogen and oxygen atoms in total. The fourth-order valence-electron chi connectivity index (χ4n) is 3.81. The number of carbonyl (C=O) groups is 1. The first kappa shape index (κ1) is 18.2. The Kier molecular flexibility index (Phi) is 5.33. The zero-order valence-electron chi connectivity index (χ0n) is 16.0. The summed E-state index contributed by atoms with van der Waals surface area (Å²) in [5.41, 5.74) is 4.42. The maximum atomic E-state index is 12.8. The first-order valence-electron chi connectivity index (χ1n) is 9.82. The van der Waals surface area contributed by atoms with Crippen LogP contribution in [-0.2, 0) is 6.42 Å². The van der Waals surface area contributed by atoms with E-state index in [4.69, 9.17) is 0 Å². The second-order valence-electron chi connectivity index (χ2n) is 7.10. The molecule has 2 aromatic carbocycles.